The van der Waals surface area contributed by atoms with Crippen molar-refractivity contribution in [1.29, 1.82) is 0 Å². The molecule has 2 heterocycles. The van der Waals surface area contributed by atoms with E-state index in [-0.39, 0.29) is 18.2 Å². The third kappa shape index (κ3) is 11.6. The van der Waals surface area contributed by atoms with Gasteiger partial charge >= 0.3 is 5.97 Å². The van der Waals surface area contributed by atoms with Crippen molar-refractivity contribution >= 4 is 63.6 Å². The van der Waals surface area contributed by atoms with Gasteiger partial charge in [0.15, 0.2) is 0 Å². The van der Waals surface area contributed by atoms with Gasteiger partial charge < -0.3 is 25.4 Å². The Morgan fingerprint density at radius 3 is 2.21 bits per heavy atom. The summed E-state index contributed by atoms with van der Waals surface area (Å²) in [6.07, 6.45) is 2.28. The molecule has 10 nitrogen and oxygen atoms in total. The van der Waals surface area contributed by atoms with E-state index in [2.05, 4.69) is 33.0 Å². The van der Waals surface area contributed by atoms with Crippen molar-refractivity contribution in [2.75, 3.05) is 23.8 Å². The van der Waals surface area contributed by atoms with E-state index in [0.717, 1.165) is 34.0 Å². The van der Waals surface area contributed by atoms with Crippen LogP contribution in [0.1, 0.15) is 61.7 Å². The summed E-state index contributed by atoms with van der Waals surface area (Å²) in [5, 5.41) is 8.68. The zero-order valence-corrected chi connectivity index (χ0v) is 35.5. The summed E-state index contributed by atoms with van der Waals surface area (Å²) in [4.78, 5) is 58.2. The minimum Gasteiger partial charge on any atom is -0.489 e. The lowest BCUT2D eigenvalue weighted by molar-refractivity contribution is -0.115. The Bertz CT molecular complexity index is 2490. The van der Waals surface area contributed by atoms with E-state index >= 15 is 0 Å². The molecule has 0 aliphatic carbocycles. The van der Waals surface area contributed by atoms with Gasteiger partial charge in [0, 0.05) is 40.7 Å². The predicted octanol–water partition coefficient (Wildman–Crippen LogP) is 9.59. The number of hydrogen-bond donors (Lipinski definition) is 3. The molecular formula is C49H46N4O6S2. The molecule has 3 amide bonds. The summed E-state index contributed by atoms with van der Waals surface area (Å²) in [5.74, 6) is -1.01. The van der Waals surface area contributed by atoms with Gasteiger partial charge in [-0.1, -0.05) is 97.1 Å². The van der Waals surface area contributed by atoms with E-state index in [1.807, 2.05) is 84.9 Å². The lowest BCUT2D eigenvalue weighted by Gasteiger charge is -2.27. The van der Waals surface area contributed by atoms with Gasteiger partial charge in [0.05, 0.1) is 17.4 Å². The average Bonchev–Trinajstić information content (AvgIpc) is 3.64. The maximum absolute atomic E-state index is 13.9. The molecule has 310 valence electrons. The summed E-state index contributed by atoms with van der Waals surface area (Å²) in [6, 6.07) is 43.2. The van der Waals surface area contributed by atoms with Crippen LogP contribution in [0.5, 0.6) is 5.75 Å². The number of nitrogens with one attached hydrogen (secondary N) is 3. The first-order chi connectivity index (χ1) is 29.7. The molecule has 0 radical (unpaired) electrons. The van der Waals surface area contributed by atoms with Gasteiger partial charge in [-0.15, -0.1) is 23.1 Å². The normalized spacial score (nSPS) is 13.0. The van der Waals surface area contributed by atoms with E-state index in [9.17, 15) is 19.2 Å². The quantitative estimate of drug-likeness (QED) is 0.0500. The second-order valence-corrected chi connectivity index (χ2v) is 16.8. The fraction of sp³-hybridized carbons (Fsp3) is 0.184. The fourth-order valence-electron chi connectivity index (χ4n) is 6.77. The van der Waals surface area contributed by atoms with Crippen LogP contribution in [0.25, 0.3) is 6.08 Å². The lowest BCUT2D eigenvalue weighted by atomic mass is 10.0. The molecular weight excluding hydrogens is 805 g/mol. The molecule has 1 aliphatic rings. The van der Waals surface area contributed by atoms with Gasteiger partial charge in [0.1, 0.15) is 23.1 Å². The maximum Gasteiger partial charge on any atom is 0.341 e. The molecule has 0 fully saturated rings. The molecule has 1 unspecified atom stereocenters. The number of carbonyl (C=O) groups excluding carboxylic acids is 4. The second-order valence-electron chi connectivity index (χ2n) is 14.3. The Labute approximate surface area is 364 Å². The first-order valence-corrected chi connectivity index (χ1v) is 21.7. The summed E-state index contributed by atoms with van der Waals surface area (Å²) in [6.45, 7) is 6.45. The number of fused-ring (bicyclic) bond motifs is 1. The van der Waals surface area contributed by atoms with Gasteiger partial charge in [-0.2, -0.15) is 0 Å². The van der Waals surface area contributed by atoms with Crippen LogP contribution >= 0.6 is 23.1 Å². The molecule has 5 aromatic carbocycles. The minimum absolute atomic E-state index is 0.0387. The number of rotatable bonds is 16. The van der Waals surface area contributed by atoms with E-state index in [1.54, 1.807) is 62.4 Å². The van der Waals surface area contributed by atoms with Crippen LogP contribution in [0.2, 0.25) is 0 Å². The first-order valence-electron chi connectivity index (χ1n) is 20.0. The summed E-state index contributed by atoms with van der Waals surface area (Å²) in [5.41, 5.74) is 5.23. The maximum atomic E-state index is 13.9. The topological polar surface area (TPSA) is 126 Å². The number of anilines is 2. The highest BCUT2D eigenvalue weighted by molar-refractivity contribution is 8.00. The largest absolute Gasteiger partial charge is 0.489 e. The van der Waals surface area contributed by atoms with Gasteiger partial charge in [0.25, 0.3) is 11.8 Å². The highest BCUT2D eigenvalue weighted by Gasteiger charge is 2.30. The van der Waals surface area contributed by atoms with Crippen LogP contribution in [0.3, 0.4) is 0 Å². The predicted molar refractivity (Wildman–Crippen MR) is 243 cm³/mol. The van der Waals surface area contributed by atoms with E-state index in [4.69, 9.17) is 9.47 Å². The van der Waals surface area contributed by atoms with Crippen molar-refractivity contribution < 1.29 is 28.7 Å². The zero-order chi connectivity index (χ0) is 42.6. The molecule has 3 N–H and O–H groups in total. The van der Waals surface area contributed by atoms with Gasteiger partial charge in [0.2, 0.25) is 5.91 Å². The Balaban J connectivity index is 1.02. The molecule has 1 aromatic heterocycles. The summed E-state index contributed by atoms with van der Waals surface area (Å²) in [7, 11) is 0. The van der Waals surface area contributed by atoms with Crippen molar-refractivity contribution in [3.63, 3.8) is 0 Å². The van der Waals surface area contributed by atoms with Crippen LogP contribution in [-0.4, -0.2) is 47.0 Å². The molecule has 0 spiro atoms. The molecule has 12 heteroatoms. The van der Waals surface area contributed by atoms with E-state index in [1.165, 1.54) is 28.7 Å². The molecule has 0 saturated carbocycles. The smallest absolute Gasteiger partial charge is 0.341 e. The highest BCUT2D eigenvalue weighted by Crippen LogP contribution is 2.39. The lowest BCUT2D eigenvalue weighted by Crippen LogP contribution is -2.30. The SMILES string of the molecule is CCOC(=O)c1c(NC(=O)C(C)Sc2cccc(NC(=O)/C(=C/c3ccc(OCc4ccccc4)cc3)NC(=O)c3ccccc3)c2)sc2c1CCN(Cc1ccccc1)C2. The number of benzene rings is 5. The minimum atomic E-state index is -0.560. The molecule has 0 bridgehead atoms. The fourth-order valence-corrected chi connectivity index (χ4v) is 8.97. The Hall–Kier alpha value is -6.47. The number of thiophene rings is 1. The molecule has 0 saturated heterocycles. The number of thioether (sulfide) groups is 1. The Morgan fingerprint density at radius 1 is 0.820 bits per heavy atom. The van der Waals surface area contributed by atoms with Crippen LogP contribution < -0.4 is 20.7 Å². The van der Waals surface area contributed by atoms with Crippen LogP contribution in [-0.2, 0) is 40.4 Å². The second kappa shape index (κ2) is 20.7. The number of amides is 3. The number of carbonyl (C=O) groups is 4. The van der Waals surface area contributed by atoms with Gasteiger partial charge in [-0.25, -0.2) is 4.79 Å². The molecule has 1 aliphatic heterocycles. The number of nitrogens with zero attached hydrogens (tertiary/aromatic N) is 1. The van der Waals surface area contributed by atoms with Crippen molar-refractivity contribution in [2.24, 2.45) is 0 Å². The van der Waals surface area contributed by atoms with E-state index < -0.39 is 23.0 Å². The van der Waals surface area contributed by atoms with Crippen molar-refractivity contribution in [3.05, 3.63) is 183 Å². The van der Waals surface area contributed by atoms with Gasteiger partial charge in [-0.05, 0) is 91.1 Å². The Morgan fingerprint density at radius 2 is 1.51 bits per heavy atom. The van der Waals surface area contributed by atoms with Crippen LogP contribution in [0.4, 0.5) is 10.7 Å². The monoisotopic (exact) mass is 850 g/mol. The number of hydrogen-bond acceptors (Lipinski definition) is 9. The third-order valence-corrected chi connectivity index (χ3v) is 12.1. The standard InChI is InChI=1S/C49H46N4O6S2/c1-3-58-49(57)44-41-26-27-53(30-35-14-7-4-8-15-35)31-43(41)61-48(44)52-45(54)33(2)60-40-21-13-20-38(29-40)50-47(56)42(51-46(55)37-18-11-6-12-19-37)28-34-22-24-39(25-23-34)59-32-36-16-9-5-10-17-36/h4-25,28-29,33H,3,26-27,30-32H2,1-2H3,(H,50,56)(H,51,55)(H,52,54)/b42-28-. The highest BCUT2D eigenvalue weighted by atomic mass is 32.2. The number of ether oxygens (including phenoxy) is 2. The Kier molecular flexibility index (Phi) is 14.5. The zero-order valence-electron chi connectivity index (χ0n) is 33.9. The molecule has 1 atom stereocenters. The average molecular weight is 851 g/mol. The summed E-state index contributed by atoms with van der Waals surface area (Å²) >= 11 is 2.74. The number of esters is 1. The third-order valence-electron chi connectivity index (χ3n) is 9.84. The molecule has 61 heavy (non-hydrogen) atoms. The van der Waals surface area contributed by atoms with Gasteiger partial charge in [-0.3, -0.25) is 19.3 Å². The molecule has 6 aromatic rings. The van der Waals surface area contributed by atoms with Crippen LogP contribution in [0, 0.1) is 0 Å². The molecule has 7 rings (SSSR count). The summed E-state index contributed by atoms with van der Waals surface area (Å²) < 4.78 is 11.4. The van der Waals surface area contributed by atoms with Crippen molar-refractivity contribution in [2.45, 2.75) is 50.1 Å². The first kappa shape index (κ1) is 42.6. The van der Waals surface area contributed by atoms with Crippen molar-refractivity contribution in [1.82, 2.24) is 10.2 Å². The van der Waals surface area contributed by atoms with Crippen LogP contribution in [0.15, 0.2) is 150 Å². The van der Waals surface area contributed by atoms with E-state index in [0.29, 0.717) is 52.7 Å². The van der Waals surface area contributed by atoms with Crippen molar-refractivity contribution in [3.8, 4) is 5.75 Å².